The molecule has 0 nitrogen and oxygen atoms in total. The van der Waals surface area contributed by atoms with Crippen LogP contribution >= 0.6 is 11.1 Å². The van der Waals surface area contributed by atoms with Crippen LogP contribution in [0.2, 0.25) is 19.6 Å². The van der Waals surface area contributed by atoms with Crippen molar-refractivity contribution in [3.63, 3.8) is 0 Å². The van der Waals surface area contributed by atoms with Gasteiger partial charge in [-0.3, -0.25) is 0 Å². The molecule has 0 saturated heterocycles. The van der Waals surface area contributed by atoms with Gasteiger partial charge in [0.05, 0.1) is 8.07 Å². The Morgan fingerprint density at radius 1 is 0.577 bits per heavy atom. The zero-order valence-corrected chi connectivity index (χ0v) is 19.1. The first kappa shape index (κ1) is 19.2. The molecule has 0 spiro atoms. The smallest absolute Gasteiger partial charge is 0.149 e. The second-order valence-corrected chi connectivity index (χ2v) is 18.1. The molecule has 0 aliphatic rings. The summed E-state index contributed by atoms with van der Waals surface area (Å²) in [6.07, 6.45) is 0. The fraction of sp³-hybridized carbons (Fsp3) is 0.217. The summed E-state index contributed by atoms with van der Waals surface area (Å²) >= 11 is 7.64. The number of rotatable bonds is 4. The lowest BCUT2D eigenvalue weighted by Crippen LogP contribution is -2.64. The van der Waals surface area contributed by atoms with Crippen molar-refractivity contribution < 1.29 is 0 Å². The summed E-state index contributed by atoms with van der Waals surface area (Å²) in [5.41, 5.74) is 2.56. The summed E-state index contributed by atoms with van der Waals surface area (Å²) in [4.78, 5) is 0. The third-order valence-corrected chi connectivity index (χ3v) is 12.2. The van der Waals surface area contributed by atoms with Crippen LogP contribution in [0.15, 0.2) is 72.8 Å². The lowest BCUT2D eigenvalue weighted by molar-refractivity contribution is 1.48. The Morgan fingerprint density at radius 2 is 1.15 bits per heavy atom. The van der Waals surface area contributed by atoms with E-state index in [-0.39, 0.29) is 0 Å². The Hall–Kier alpha value is -1.62. The first-order valence-corrected chi connectivity index (χ1v) is 15.7. The average molecular weight is 395 g/mol. The number of hydrogen-bond donors (Lipinski definition) is 0. The van der Waals surface area contributed by atoms with E-state index in [1.165, 1.54) is 31.9 Å². The van der Waals surface area contributed by atoms with Crippen LogP contribution in [0, 0.1) is 13.8 Å². The van der Waals surface area contributed by atoms with Gasteiger partial charge in [-0.1, -0.05) is 109 Å². The minimum atomic E-state index is -2.56. The van der Waals surface area contributed by atoms with Gasteiger partial charge in [-0.15, -0.1) is 11.1 Å². The van der Waals surface area contributed by atoms with Gasteiger partial charge in [-0.2, -0.15) is 0 Å². The monoisotopic (exact) mass is 394 g/mol. The number of halogens is 1. The number of hydrogen-bond acceptors (Lipinski definition) is 0. The molecule has 0 heterocycles. The summed E-state index contributed by atoms with van der Waals surface area (Å²) in [6.45, 7) is 11.5. The van der Waals surface area contributed by atoms with Crippen molar-refractivity contribution in [3.05, 3.63) is 83.9 Å². The maximum atomic E-state index is 7.64. The topological polar surface area (TPSA) is 0 Å². The Labute approximate surface area is 164 Å². The highest BCUT2D eigenvalue weighted by atomic mass is 35.6. The summed E-state index contributed by atoms with van der Waals surface area (Å²) < 4.78 is 0. The van der Waals surface area contributed by atoms with Crippen molar-refractivity contribution in [2.45, 2.75) is 33.5 Å². The summed E-state index contributed by atoms with van der Waals surface area (Å²) in [5.74, 6) is 0. The molecule has 0 aliphatic carbocycles. The predicted octanol–water partition coefficient (Wildman–Crippen LogP) is 4.05. The molecule has 0 radical (unpaired) electrons. The number of aryl methyl sites for hydroxylation is 2. The molecule has 0 amide bonds. The molecule has 0 saturated carbocycles. The van der Waals surface area contributed by atoms with Crippen LogP contribution in [0.1, 0.15) is 11.1 Å². The molecule has 26 heavy (non-hydrogen) atoms. The fourth-order valence-corrected chi connectivity index (χ4v) is 9.08. The normalized spacial score (nSPS) is 14.1. The van der Waals surface area contributed by atoms with E-state index in [0.717, 1.165) is 0 Å². The molecule has 3 aromatic carbocycles. The van der Waals surface area contributed by atoms with Crippen molar-refractivity contribution in [3.8, 4) is 0 Å². The van der Waals surface area contributed by atoms with E-state index in [0.29, 0.717) is 0 Å². The molecule has 0 aliphatic heterocycles. The van der Waals surface area contributed by atoms with Gasteiger partial charge < -0.3 is 0 Å². The van der Waals surface area contributed by atoms with Crippen LogP contribution in [0.3, 0.4) is 0 Å². The van der Waals surface area contributed by atoms with E-state index >= 15 is 0 Å². The highest BCUT2D eigenvalue weighted by Gasteiger charge is 2.38. The Kier molecular flexibility index (Phi) is 5.29. The molecule has 0 bridgehead atoms. The lowest BCUT2D eigenvalue weighted by Gasteiger charge is -2.29. The molecule has 0 fully saturated rings. The molecule has 3 heteroatoms. The van der Waals surface area contributed by atoms with Crippen molar-refractivity contribution in [1.29, 1.82) is 0 Å². The van der Waals surface area contributed by atoms with Crippen LogP contribution in [0.5, 0.6) is 0 Å². The molecule has 1 unspecified atom stereocenters. The lowest BCUT2D eigenvalue weighted by atomic mass is 10.2. The Bertz CT molecular complexity index is 913. The largest absolute Gasteiger partial charge is 0.247 e. The maximum absolute atomic E-state index is 7.64. The van der Waals surface area contributed by atoms with Gasteiger partial charge in [0.15, 0.2) is 0 Å². The molecular formula is C23H27ClSi2. The molecule has 134 valence electrons. The second kappa shape index (κ2) is 7.18. The predicted molar refractivity (Wildman–Crippen MR) is 122 cm³/mol. The second-order valence-electron chi connectivity index (χ2n) is 8.23. The minimum Gasteiger partial charge on any atom is -0.149 e. The van der Waals surface area contributed by atoms with Gasteiger partial charge in [0.2, 0.25) is 7.38 Å². The minimum absolute atomic E-state index is 1.25. The Morgan fingerprint density at radius 3 is 1.77 bits per heavy atom. The SMILES string of the molecule is Cc1cccc([Si](Cl)(c2ccccc2)c2cc(C)cc([Si](C)(C)C)c2)c1. The molecule has 3 rings (SSSR count). The van der Waals surface area contributed by atoms with E-state index in [2.05, 4.69) is 106 Å². The maximum Gasteiger partial charge on any atom is 0.247 e. The van der Waals surface area contributed by atoms with Crippen LogP contribution < -0.4 is 20.7 Å². The van der Waals surface area contributed by atoms with Crippen molar-refractivity contribution >= 4 is 47.3 Å². The van der Waals surface area contributed by atoms with E-state index in [9.17, 15) is 0 Å². The molecular weight excluding hydrogens is 368 g/mol. The average Bonchev–Trinajstić information content (AvgIpc) is 2.60. The third-order valence-electron chi connectivity index (χ3n) is 4.93. The molecule has 3 aromatic rings. The highest BCUT2D eigenvalue weighted by molar-refractivity contribution is 7.40. The van der Waals surface area contributed by atoms with Gasteiger partial charge in [0.1, 0.15) is 0 Å². The summed E-state index contributed by atoms with van der Waals surface area (Å²) in [7, 11) is -3.98. The van der Waals surface area contributed by atoms with E-state index < -0.39 is 15.5 Å². The van der Waals surface area contributed by atoms with Crippen LogP contribution in [0.25, 0.3) is 0 Å². The van der Waals surface area contributed by atoms with Crippen LogP contribution in [0.4, 0.5) is 0 Å². The van der Waals surface area contributed by atoms with Gasteiger partial charge in [-0.05, 0) is 29.4 Å². The molecule has 1 atom stereocenters. The summed E-state index contributed by atoms with van der Waals surface area (Å²) in [6, 6.07) is 26.4. The third kappa shape index (κ3) is 3.73. The van der Waals surface area contributed by atoms with Crippen LogP contribution in [-0.4, -0.2) is 15.5 Å². The molecule has 0 N–H and O–H groups in total. The van der Waals surface area contributed by atoms with Gasteiger partial charge in [0.25, 0.3) is 0 Å². The highest BCUT2D eigenvalue weighted by Crippen LogP contribution is 2.14. The van der Waals surface area contributed by atoms with Crippen molar-refractivity contribution in [1.82, 2.24) is 0 Å². The molecule has 0 aromatic heterocycles. The van der Waals surface area contributed by atoms with Crippen molar-refractivity contribution in [2.75, 3.05) is 0 Å². The zero-order valence-electron chi connectivity index (χ0n) is 16.3. The fourth-order valence-electron chi connectivity index (χ4n) is 3.44. The summed E-state index contributed by atoms with van der Waals surface area (Å²) in [5, 5.41) is 5.29. The quantitative estimate of drug-likeness (QED) is 0.355. The van der Waals surface area contributed by atoms with Gasteiger partial charge in [0, 0.05) is 0 Å². The van der Waals surface area contributed by atoms with E-state index in [1.807, 2.05) is 0 Å². The van der Waals surface area contributed by atoms with E-state index in [4.69, 9.17) is 11.1 Å². The van der Waals surface area contributed by atoms with Gasteiger partial charge in [-0.25, -0.2) is 0 Å². The first-order chi connectivity index (χ1) is 12.2. The van der Waals surface area contributed by atoms with Crippen molar-refractivity contribution in [2.24, 2.45) is 0 Å². The zero-order chi connectivity index (χ0) is 18.9. The standard InChI is InChI=1S/C23H27ClSi2/c1-18-10-9-13-21(14-18)26(24,20-11-7-6-8-12-20)23-16-19(2)15-22(17-23)25(3,4)5/h6-17H,1-5H3. The number of benzene rings is 3. The van der Waals surface area contributed by atoms with Gasteiger partial charge >= 0.3 is 0 Å². The Balaban J connectivity index is 2.31. The van der Waals surface area contributed by atoms with E-state index in [1.54, 1.807) is 0 Å². The van der Waals surface area contributed by atoms with Crippen LogP contribution in [-0.2, 0) is 0 Å². The first-order valence-electron chi connectivity index (χ1n) is 9.15.